The second-order valence-electron chi connectivity index (χ2n) is 6.79. The molecular weight excluding hydrogens is 458 g/mol. The van der Waals surface area contributed by atoms with Gasteiger partial charge in [0.05, 0.1) is 18.0 Å². The Morgan fingerprint density at radius 3 is 2.34 bits per heavy atom. The van der Waals surface area contributed by atoms with Crippen LogP contribution >= 0.6 is 15.9 Å². The highest BCUT2D eigenvalue weighted by atomic mass is 79.9. The molecule has 0 aromatic heterocycles. The maximum Gasteiger partial charge on any atom is 0.243 e. The lowest BCUT2D eigenvalue weighted by atomic mass is 10.2. The molecule has 1 aliphatic heterocycles. The van der Waals surface area contributed by atoms with Gasteiger partial charge in [-0.25, -0.2) is 8.42 Å². The topological polar surface area (TPSA) is 79.0 Å². The Hall–Kier alpha value is -1.94. The molecule has 1 saturated heterocycles. The molecule has 1 atom stereocenters. The van der Waals surface area contributed by atoms with E-state index in [9.17, 15) is 13.2 Å². The van der Waals surface area contributed by atoms with Gasteiger partial charge in [0.15, 0.2) is 0 Å². The number of sulfonamides is 1. The van der Waals surface area contributed by atoms with Gasteiger partial charge in [-0.05, 0) is 49.4 Å². The van der Waals surface area contributed by atoms with Crippen LogP contribution in [0.3, 0.4) is 0 Å². The molecule has 0 spiro atoms. The number of halogens is 1. The van der Waals surface area contributed by atoms with Crippen molar-refractivity contribution in [2.24, 2.45) is 0 Å². The van der Waals surface area contributed by atoms with Crippen LogP contribution < -0.4 is 10.1 Å². The number of nitrogens with zero attached hydrogens (tertiary/aromatic N) is 2. The van der Waals surface area contributed by atoms with Gasteiger partial charge in [0.25, 0.3) is 0 Å². The van der Waals surface area contributed by atoms with E-state index in [1.807, 2.05) is 36.1 Å². The van der Waals surface area contributed by atoms with E-state index in [-0.39, 0.29) is 16.8 Å². The van der Waals surface area contributed by atoms with E-state index in [2.05, 4.69) is 21.2 Å². The van der Waals surface area contributed by atoms with Crippen molar-refractivity contribution < 1.29 is 17.9 Å². The van der Waals surface area contributed by atoms with Gasteiger partial charge >= 0.3 is 0 Å². The van der Waals surface area contributed by atoms with Crippen molar-refractivity contribution in [3.8, 4) is 5.75 Å². The minimum Gasteiger partial charge on any atom is -0.497 e. The highest BCUT2D eigenvalue weighted by Gasteiger charge is 2.31. The summed E-state index contributed by atoms with van der Waals surface area (Å²) >= 11 is 3.39. The molecule has 0 unspecified atom stereocenters. The zero-order chi connectivity index (χ0) is 21.0. The number of ether oxygens (including phenoxy) is 1. The number of nitrogens with one attached hydrogen (secondary N) is 1. The van der Waals surface area contributed by atoms with Gasteiger partial charge in [-0.3, -0.25) is 9.69 Å². The van der Waals surface area contributed by atoms with Crippen LogP contribution in [-0.4, -0.2) is 62.9 Å². The van der Waals surface area contributed by atoms with Crippen LogP contribution in [0.25, 0.3) is 0 Å². The van der Waals surface area contributed by atoms with Crippen LogP contribution in [-0.2, 0) is 14.8 Å². The fourth-order valence-electron chi connectivity index (χ4n) is 3.21. The van der Waals surface area contributed by atoms with Crippen molar-refractivity contribution in [1.82, 2.24) is 9.21 Å². The number of rotatable bonds is 6. The van der Waals surface area contributed by atoms with Crippen molar-refractivity contribution in [2.75, 3.05) is 38.6 Å². The normalized spacial score (nSPS) is 16.9. The first kappa shape index (κ1) is 21.8. The summed E-state index contributed by atoms with van der Waals surface area (Å²) in [7, 11) is -2.03. The molecule has 0 aliphatic carbocycles. The molecule has 156 valence electrons. The Labute approximate surface area is 179 Å². The third kappa shape index (κ3) is 5.16. The van der Waals surface area contributed by atoms with Gasteiger partial charge in [0.1, 0.15) is 5.75 Å². The monoisotopic (exact) mass is 481 g/mol. The second-order valence-corrected chi connectivity index (χ2v) is 9.64. The predicted octanol–water partition coefficient (Wildman–Crippen LogP) is 2.79. The van der Waals surface area contributed by atoms with Gasteiger partial charge in [-0.15, -0.1) is 0 Å². The molecule has 0 saturated carbocycles. The zero-order valence-corrected chi connectivity index (χ0v) is 18.7. The first-order valence-corrected chi connectivity index (χ1v) is 11.5. The molecule has 0 radical (unpaired) electrons. The number of carbonyl (C=O) groups is 1. The van der Waals surface area contributed by atoms with E-state index in [4.69, 9.17) is 4.74 Å². The zero-order valence-electron chi connectivity index (χ0n) is 16.3. The molecule has 7 nitrogen and oxygen atoms in total. The van der Waals surface area contributed by atoms with Crippen LogP contribution in [0.2, 0.25) is 0 Å². The Bertz CT molecular complexity index is 958. The Balaban J connectivity index is 1.59. The summed E-state index contributed by atoms with van der Waals surface area (Å²) < 4.78 is 33.1. The number of amides is 1. The van der Waals surface area contributed by atoms with Gasteiger partial charge in [0, 0.05) is 36.3 Å². The van der Waals surface area contributed by atoms with Gasteiger partial charge in [-0.2, -0.15) is 4.31 Å². The van der Waals surface area contributed by atoms with Crippen molar-refractivity contribution >= 4 is 37.5 Å². The quantitative estimate of drug-likeness (QED) is 0.685. The maximum absolute atomic E-state index is 12.9. The summed E-state index contributed by atoms with van der Waals surface area (Å²) in [5.41, 5.74) is 0.719. The molecule has 0 bridgehead atoms. The summed E-state index contributed by atoms with van der Waals surface area (Å²) in [4.78, 5) is 14.8. The van der Waals surface area contributed by atoms with E-state index in [1.165, 1.54) is 11.4 Å². The minimum absolute atomic E-state index is 0.116. The molecule has 1 fully saturated rings. The smallest absolute Gasteiger partial charge is 0.243 e. The molecular formula is C20H24BrN3O4S. The SMILES string of the molecule is COc1ccc(S(=O)(=O)N2CCN([C@H](C)C(=O)Nc3cccc(Br)c3)CC2)cc1. The third-order valence-corrected chi connectivity index (χ3v) is 7.40. The molecule has 1 aliphatic rings. The first-order chi connectivity index (χ1) is 13.8. The van der Waals surface area contributed by atoms with Crippen LogP contribution in [0.5, 0.6) is 5.75 Å². The molecule has 9 heteroatoms. The van der Waals surface area contributed by atoms with Crippen LogP contribution in [0.4, 0.5) is 5.69 Å². The van der Waals surface area contributed by atoms with E-state index in [0.717, 1.165) is 10.2 Å². The second kappa shape index (κ2) is 9.25. The highest BCUT2D eigenvalue weighted by Crippen LogP contribution is 2.22. The standard InChI is InChI=1S/C20H24BrN3O4S/c1-15(20(25)22-17-5-3-4-16(21)14-17)23-10-12-24(13-11-23)29(26,27)19-8-6-18(28-2)7-9-19/h3-9,14-15H,10-13H2,1-2H3,(H,22,25)/t15-/m1/s1. The molecule has 1 amide bonds. The highest BCUT2D eigenvalue weighted by molar-refractivity contribution is 9.10. The van der Waals surface area contributed by atoms with E-state index < -0.39 is 10.0 Å². The number of methoxy groups -OCH3 is 1. The largest absolute Gasteiger partial charge is 0.497 e. The summed E-state index contributed by atoms with van der Waals surface area (Å²) in [5, 5.41) is 2.90. The number of piperazine rings is 1. The fourth-order valence-corrected chi connectivity index (χ4v) is 5.03. The summed E-state index contributed by atoms with van der Waals surface area (Å²) in [6.07, 6.45) is 0. The lowest BCUT2D eigenvalue weighted by molar-refractivity contribution is -0.121. The molecule has 2 aromatic rings. The van der Waals surface area contributed by atoms with E-state index in [0.29, 0.717) is 31.9 Å². The molecule has 2 aromatic carbocycles. The van der Waals surface area contributed by atoms with Crippen LogP contribution in [0, 0.1) is 0 Å². The van der Waals surface area contributed by atoms with E-state index >= 15 is 0 Å². The number of anilines is 1. The first-order valence-electron chi connectivity index (χ1n) is 9.26. The van der Waals surface area contributed by atoms with Gasteiger partial charge < -0.3 is 10.1 Å². The van der Waals surface area contributed by atoms with E-state index in [1.54, 1.807) is 24.3 Å². The summed E-state index contributed by atoms with van der Waals surface area (Å²) in [5.74, 6) is 0.494. The maximum atomic E-state index is 12.9. The Kier molecular flexibility index (Phi) is 6.94. The number of benzene rings is 2. The minimum atomic E-state index is -3.56. The average molecular weight is 482 g/mol. The molecule has 29 heavy (non-hydrogen) atoms. The van der Waals surface area contributed by atoms with Crippen molar-refractivity contribution in [1.29, 1.82) is 0 Å². The van der Waals surface area contributed by atoms with Crippen molar-refractivity contribution in [3.05, 3.63) is 53.0 Å². The number of carbonyl (C=O) groups excluding carboxylic acids is 1. The number of hydrogen-bond donors (Lipinski definition) is 1. The predicted molar refractivity (Wildman–Crippen MR) is 116 cm³/mol. The lowest BCUT2D eigenvalue weighted by Gasteiger charge is -2.36. The van der Waals surface area contributed by atoms with Crippen LogP contribution in [0.15, 0.2) is 57.9 Å². The molecule has 1 heterocycles. The van der Waals surface area contributed by atoms with Crippen molar-refractivity contribution in [2.45, 2.75) is 17.9 Å². The summed E-state index contributed by atoms with van der Waals surface area (Å²) in [6.45, 7) is 3.48. The Morgan fingerprint density at radius 1 is 1.10 bits per heavy atom. The summed E-state index contributed by atoms with van der Waals surface area (Å²) in [6, 6.07) is 13.4. The fraction of sp³-hybridized carbons (Fsp3) is 0.350. The lowest BCUT2D eigenvalue weighted by Crippen LogP contribution is -2.53. The average Bonchev–Trinajstić information content (AvgIpc) is 2.73. The van der Waals surface area contributed by atoms with Gasteiger partial charge in [-0.1, -0.05) is 22.0 Å². The molecule has 3 rings (SSSR count). The Morgan fingerprint density at radius 2 is 1.76 bits per heavy atom. The van der Waals surface area contributed by atoms with Gasteiger partial charge in [0.2, 0.25) is 15.9 Å². The molecule has 1 N–H and O–H groups in total. The van der Waals surface area contributed by atoms with Crippen molar-refractivity contribution in [3.63, 3.8) is 0 Å². The third-order valence-electron chi connectivity index (χ3n) is 4.99. The number of hydrogen-bond acceptors (Lipinski definition) is 5. The van der Waals surface area contributed by atoms with Crippen LogP contribution in [0.1, 0.15) is 6.92 Å².